The molecule has 0 spiro atoms. The zero-order chi connectivity index (χ0) is 18.7. The van der Waals surface area contributed by atoms with Gasteiger partial charge in [-0.2, -0.15) is 0 Å². The number of ketones is 1. The van der Waals surface area contributed by atoms with Gasteiger partial charge in [-0.3, -0.25) is 14.4 Å². The molecule has 1 atom stereocenters. The van der Waals surface area contributed by atoms with E-state index in [-0.39, 0.29) is 31.3 Å². The molecule has 0 unspecified atom stereocenters. The minimum atomic E-state index is -0.579. The Hall–Kier alpha value is -2.18. The molecule has 3 rings (SSSR count). The van der Waals surface area contributed by atoms with Gasteiger partial charge in [0.15, 0.2) is 12.4 Å². The number of amides is 1. The van der Waals surface area contributed by atoms with Crippen molar-refractivity contribution in [2.24, 2.45) is 5.92 Å². The van der Waals surface area contributed by atoms with Crippen molar-refractivity contribution < 1.29 is 19.1 Å². The standard InChI is InChI=1S/C19H15BrClNO4/c20-14-3-7-16(8-4-14)22-10-13(9-18(22)24)19(25)26-11-17(23)12-1-5-15(21)6-2-12/h1-8,13H,9-11H2/t13-/m1/s1. The fourth-order valence-corrected chi connectivity index (χ4v) is 3.10. The molecule has 1 amide bonds. The number of benzene rings is 2. The second-order valence-electron chi connectivity index (χ2n) is 5.92. The molecular formula is C19H15BrClNO4. The molecule has 1 aliphatic rings. The first-order valence-electron chi connectivity index (χ1n) is 7.95. The maximum atomic E-state index is 12.2. The van der Waals surface area contributed by atoms with Crippen LogP contribution in [0.25, 0.3) is 0 Å². The maximum absolute atomic E-state index is 12.2. The van der Waals surface area contributed by atoms with E-state index in [2.05, 4.69) is 15.9 Å². The first-order valence-corrected chi connectivity index (χ1v) is 9.12. The third kappa shape index (κ3) is 4.31. The van der Waals surface area contributed by atoms with Gasteiger partial charge < -0.3 is 9.64 Å². The first-order chi connectivity index (χ1) is 12.4. The Kier molecular flexibility index (Phi) is 5.74. The van der Waals surface area contributed by atoms with Crippen LogP contribution in [0.4, 0.5) is 5.69 Å². The highest BCUT2D eigenvalue weighted by atomic mass is 79.9. The zero-order valence-electron chi connectivity index (χ0n) is 13.7. The molecule has 0 aliphatic carbocycles. The van der Waals surface area contributed by atoms with Gasteiger partial charge in [-0.05, 0) is 48.5 Å². The van der Waals surface area contributed by atoms with Crippen molar-refractivity contribution in [2.75, 3.05) is 18.1 Å². The third-order valence-corrected chi connectivity index (χ3v) is 4.89. The summed E-state index contributed by atoms with van der Waals surface area (Å²) in [4.78, 5) is 38.0. The van der Waals surface area contributed by atoms with Crippen molar-refractivity contribution >= 4 is 50.9 Å². The number of esters is 1. The molecule has 26 heavy (non-hydrogen) atoms. The highest BCUT2D eigenvalue weighted by Gasteiger charge is 2.36. The summed E-state index contributed by atoms with van der Waals surface area (Å²) in [6, 6.07) is 13.6. The molecule has 1 fully saturated rings. The molecule has 0 aromatic heterocycles. The van der Waals surface area contributed by atoms with Crippen molar-refractivity contribution in [3.05, 3.63) is 63.6 Å². The van der Waals surface area contributed by atoms with E-state index in [4.69, 9.17) is 16.3 Å². The predicted octanol–water partition coefficient (Wildman–Crippen LogP) is 3.88. The topological polar surface area (TPSA) is 63.7 Å². The average molecular weight is 437 g/mol. The van der Waals surface area contributed by atoms with Crippen LogP contribution in [-0.2, 0) is 14.3 Å². The summed E-state index contributed by atoms with van der Waals surface area (Å²) in [5, 5.41) is 0.524. The summed E-state index contributed by atoms with van der Waals surface area (Å²) in [7, 11) is 0. The Morgan fingerprint density at radius 2 is 1.77 bits per heavy atom. The first kappa shape index (κ1) is 18.6. The third-order valence-electron chi connectivity index (χ3n) is 4.11. The molecule has 0 saturated carbocycles. The van der Waals surface area contributed by atoms with Crippen LogP contribution in [0.15, 0.2) is 53.0 Å². The van der Waals surface area contributed by atoms with E-state index in [0.29, 0.717) is 10.6 Å². The highest BCUT2D eigenvalue weighted by molar-refractivity contribution is 9.10. The van der Waals surface area contributed by atoms with E-state index in [1.165, 1.54) is 0 Å². The number of rotatable bonds is 5. The summed E-state index contributed by atoms with van der Waals surface area (Å²) in [5.74, 6) is -1.58. The second kappa shape index (κ2) is 8.01. The van der Waals surface area contributed by atoms with E-state index in [1.807, 2.05) is 12.1 Å². The fourth-order valence-electron chi connectivity index (χ4n) is 2.71. The average Bonchev–Trinajstić information content (AvgIpc) is 3.02. The quantitative estimate of drug-likeness (QED) is 0.527. The molecule has 5 nitrogen and oxygen atoms in total. The van der Waals surface area contributed by atoms with Crippen molar-refractivity contribution in [1.82, 2.24) is 0 Å². The Morgan fingerprint density at radius 1 is 1.12 bits per heavy atom. The van der Waals surface area contributed by atoms with Gasteiger partial charge in [0, 0.05) is 33.7 Å². The van der Waals surface area contributed by atoms with Crippen LogP contribution in [0.3, 0.4) is 0 Å². The summed E-state index contributed by atoms with van der Waals surface area (Å²) in [6.07, 6.45) is 0.0734. The van der Waals surface area contributed by atoms with Gasteiger partial charge >= 0.3 is 5.97 Å². The van der Waals surface area contributed by atoms with Gasteiger partial charge in [-0.15, -0.1) is 0 Å². The lowest BCUT2D eigenvalue weighted by atomic mass is 10.1. The Bertz CT molecular complexity index is 836. The molecule has 1 heterocycles. The largest absolute Gasteiger partial charge is 0.457 e. The Balaban J connectivity index is 1.57. The molecule has 2 aromatic rings. The molecule has 134 valence electrons. The number of Topliss-reactive ketones (excluding diaryl/α,β-unsaturated/α-hetero) is 1. The SMILES string of the molecule is O=C(COC(=O)[C@@H]1CC(=O)N(c2ccc(Br)cc2)C1)c1ccc(Cl)cc1. The molecular weight excluding hydrogens is 422 g/mol. The Morgan fingerprint density at radius 3 is 2.42 bits per heavy atom. The number of halogens is 2. The van der Waals surface area contributed by atoms with E-state index < -0.39 is 11.9 Å². The number of ether oxygens (including phenoxy) is 1. The molecule has 0 bridgehead atoms. The lowest BCUT2D eigenvalue weighted by Crippen LogP contribution is -2.27. The van der Waals surface area contributed by atoms with E-state index in [9.17, 15) is 14.4 Å². The van der Waals surface area contributed by atoms with Crippen molar-refractivity contribution in [2.45, 2.75) is 6.42 Å². The van der Waals surface area contributed by atoms with Gasteiger partial charge in [-0.1, -0.05) is 27.5 Å². The van der Waals surface area contributed by atoms with Crippen LogP contribution in [0.5, 0.6) is 0 Å². The summed E-state index contributed by atoms with van der Waals surface area (Å²) < 4.78 is 6.02. The summed E-state index contributed by atoms with van der Waals surface area (Å²) in [6.45, 7) is -0.113. The van der Waals surface area contributed by atoms with Gasteiger partial charge in [0.1, 0.15) is 0 Å². The number of hydrogen-bond donors (Lipinski definition) is 0. The number of anilines is 1. The predicted molar refractivity (Wildman–Crippen MR) is 101 cm³/mol. The maximum Gasteiger partial charge on any atom is 0.311 e. The lowest BCUT2D eigenvalue weighted by molar-refractivity contribution is -0.147. The minimum Gasteiger partial charge on any atom is -0.457 e. The van der Waals surface area contributed by atoms with Crippen LogP contribution in [0.2, 0.25) is 5.02 Å². The summed E-state index contributed by atoms with van der Waals surface area (Å²) >= 11 is 9.13. The van der Waals surface area contributed by atoms with E-state index in [0.717, 1.165) is 10.2 Å². The molecule has 2 aromatic carbocycles. The Labute approximate surface area is 164 Å². The molecule has 0 N–H and O–H groups in total. The normalized spacial score (nSPS) is 16.6. The lowest BCUT2D eigenvalue weighted by Gasteiger charge is -2.16. The number of hydrogen-bond acceptors (Lipinski definition) is 4. The van der Waals surface area contributed by atoms with Crippen LogP contribution >= 0.6 is 27.5 Å². The van der Waals surface area contributed by atoms with Crippen LogP contribution < -0.4 is 4.90 Å². The van der Waals surface area contributed by atoms with Crippen molar-refractivity contribution in [3.8, 4) is 0 Å². The molecule has 1 saturated heterocycles. The van der Waals surface area contributed by atoms with Crippen LogP contribution in [-0.4, -0.2) is 30.8 Å². The number of carbonyl (C=O) groups is 3. The van der Waals surface area contributed by atoms with E-state index >= 15 is 0 Å². The molecule has 7 heteroatoms. The van der Waals surface area contributed by atoms with Gasteiger partial charge in [-0.25, -0.2) is 0 Å². The summed E-state index contributed by atoms with van der Waals surface area (Å²) in [5.41, 5.74) is 1.15. The fraction of sp³-hybridized carbons (Fsp3) is 0.211. The zero-order valence-corrected chi connectivity index (χ0v) is 16.0. The number of nitrogens with zero attached hydrogens (tertiary/aromatic N) is 1. The van der Waals surface area contributed by atoms with Gasteiger partial charge in [0.05, 0.1) is 5.92 Å². The van der Waals surface area contributed by atoms with Crippen molar-refractivity contribution in [3.63, 3.8) is 0 Å². The second-order valence-corrected chi connectivity index (χ2v) is 7.27. The van der Waals surface area contributed by atoms with E-state index in [1.54, 1.807) is 41.3 Å². The smallest absolute Gasteiger partial charge is 0.311 e. The molecule has 0 radical (unpaired) electrons. The number of carbonyl (C=O) groups excluding carboxylic acids is 3. The monoisotopic (exact) mass is 435 g/mol. The van der Waals surface area contributed by atoms with Gasteiger partial charge in [0.25, 0.3) is 0 Å². The highest BCUT2D eigenvalue weighted by Crippen LogP contribution is 2.27. The van der Waals surface area contributed by atoms with Gasteiger partial charge in [0.2, 0.25) is 5.91 Å². The molecule has 1 aliphatic heterocycles. The van der Waals surface area contributed by atoms with Crippen LogP contribution in [0, 0.1) is 5.92 Å². The minimum absolute atomic E-state index is 0.0734. The van der Waals surface area contributed by atoms with Crippen LogP contribution in [0.1, 0.15) is 16.8 Å². The van der Waals surface area contributed by atoms with Crippen molar-refractivity contribution in [1.29, 1.82) is 0 Å².